The standard InChI is InChI=1S/C17H21NO2/c1-18-14-15-8-10-17(11-9-15)20-13-5-12-19-16-6-3-2-4-7-16/h2-4,6-11,18H,5,12-14H2,1H3. The number of benzene rings is 2. The zero-order valence-corrected chi connectivity index (χ0v) is 11.8. The molecule has 0 aliphatic carbocycles. The monoisotopic (exact) mass is 271 g/mol. The molecule has 3 heteroatoms. The van der Waals surface area contributed by atoms with Gasteiger partial charge in [-0.25, -0.2) is 0 Å². The van der Waals surface area contributed by atoms with E-state index < -0.39 is 0 Å². The number of nitrogens with one attached hydrogen (secondary N) is 1. The summed E-state index contributed by atoms with van der Waals surface area (Å²) in [4.78, 5) is 0. The predicted molar refractivity (Wildman–Crippen MR) is 81.3 cm³/mol. The van der Waals surface area contributed by atoms with Crippen molar-refractivity contribution in [2.75, 3.05) is 20.3 Å². The Balaban J connectivity index is 1.63. The van der Waals surface area contributed by atoms with E-state index in [0.29, 0.717) is 13.2 Å². The number of ether oxygens (including phenoxy) is 2. The summed E-state index contributed by atoms with van der Waals surface area (Å²) in [5, 5.41) is 3.12. The van der Waals surface area contributed by atoms with Crippen LogP contribution in [0.1, 0.15) is 12.0 Å². The van der Waals surface area contributed by atoms with Crippen molar-refractivity contribution in [2.24, 2.45) is 0 Å². The molecule has 20 heavy (non-hydrogen) atoms. The summed E-state index contributed by atoms with van der Waals surface area (Å²) < 4.78 is 11.3. The Bertz CT molecular complexity index is 482. The van der Waals surface area contributed by atoms with Crippen LogP contribution in [0.2, 0.25) is 0 Å². The Kier molecular flexibility index (Phi) is 5.93. The molecule has 0 radical (unpaired) electrons. The van der Waals surface area contributed by atoms with E-state index in [9.17, 15) is 0 Å². The van der Waals surface area contributed by atoms with Crippen LogP contribution in [0.5, 0.6) is 11.5 Å². The number of hydrogen-bond acceptors (Lipinski definition) is 3. The quantitative estimate of drug-likeness (QED) is 0.748. The molecule has 0 saturated carbocycles. The fourth-order valence-corrected chi connectivity index (χ4v) is 1.86. The summed E-state index contributed by atoms with van der Waals surface area (Å²) in [5.41, 5.74) is 1.26. The van der Waals surface area contributed by atoms with Crippen molar-refractivity contribution < 1.29 is 9.47 Å². The number of hydrogen-bond donors (Lipinski definition) is 1. The molecule has 2 rings (SSSR count). The van der Waals surface area contributed by atoms with Crippen molar-refractivity contribution in [3.8, 4) is 11.5 Å². The molecule has 0 atom stereocenters. The SMILES string of the molecule is CNCc1ccc(OCCCOc2ccccc2)cc1. The molecule has 0 spiro atoms. The zero-order chi connectivity index (χ0) is 14.0. The van der Waals surface area contributed by atoms with E-state index in [1.165, 1.54) is 5.56 Å². The molecule has 106 valence electrons. The lowest BCUT2D eigenvalue weighted by molar-refractivity contribution is 0.247. The van der Waals surface area contributed by atoms with Gasteiger partial charge in [-0.2, -0.15) is 0 Å². The van der Waals surface area contributed by atoms with Gasteiger partial charge in [-0.3, -0.25) is 0 Å². The highest BCUT2D eigenvalue weighted by Crippen LogP contribution is 2.13. The van der Waals surface area contributed by atoms with Crippen LogP contribution in [0.3, 0.4) is 0 Å². The highest BCUT2D eigenvalue weighted by molar-refractivity contribution is 5.27. The summed E-state index contributed by atoms with van der Waals surface area (Å²) in [6.07, 6.45) is 0.868. The Morgan fingerprint density at radius 2 is 1.40 bits per heavy atom. The maximum atomic E-state index is 5.68. The highest BCUT2D eigenvalue weighted by atomic mass is 16.5. The molecule has 0 heterocycles. The van der Waals surface area contributed by atoms with Crippen molar-refractivity contribution in [2.45, 2.75) is 13.0 Å². The lowest BCUT2D eigenvalue weighted by atomic mass is 10.2. The summed E-state index contributed by atoms with van der Waals surface area (Å²) in [6.45, 7) is 2.21. The van der Waals surface area contributed by atoms with Crippen molar-refractivity contribution in [3.05, 3.63) is 60.2 Å². The first kappa shape index (κ1) is 14.4. The van der Waals surface area contributed by atoms with Crippen molar-refractivity contribution >= 4 is 0 Å². The summed E-state index contributed by atoms with van der Waals surface area (Å²) in [5.74, 6) is 1.81. The molecule has 2 aromatic carbocycles. The first-order chi connectivity index (χ1) is 9.88. The van der Waals surface area contributed by atoms with E-state index in [4.69, 9.17) is 9.47 Å². The van der Waals surface area contributed by atoms with E-state index in [2.05, 4.69) is 17.4 Å². The Labute approximate surface area is 120 Å². The van der Waals surface area contributed by atoms with Crippen molar-refractivity contribution in [3.63, 3.8) is 0 Å². The van der Waals surface area contributed by atoms with Crippen molar-refractivity contribution in [1.29, 1.82) is 0 Å². The molecule has 0 aliphatic rings. The van der Waals surface area contributed by atoms with Crippen LogP contribution in [0, 0.1) is 0 Å². The van der Waals surface area contributed by atoms with E-state index >= 15 is 0 Å². The largest absolute Gasteiger partial charge is 0.493 e. The zero-order valence-electron chi connectivity index (χ0n) is 11.8. The van der Waals surface area contributed by atoms with Crippen molar-refractivity contribution in [1.82, 2.24) is 5.32 Å². The Morgan fingerprint density at radius 3 is 2.00 bits per heavy atom. The van der Waals surface area contributed by atoms with Gasteiger partial charge in [0, 0.05) is 13.0 Å². The van der Waals surface area contributed by atoms with Gasteiger partial charge in [0.2, 0.25) is 0 Å². The molecular weight excluding hydrogens is 250 g/mol. The average Bonchev–Trinajstić information content (AvgIpc) is 2.50. The third kappa shape index (κ3) is 4.94. The second kappa shape index (κ2) is 8.23. The summed E-state index contributed by atoms with van der Waals surface area (Å²) in [7, 11) is 1.94. The van der Waals surface area contributed by atoms with Crippen LogP contribution in [0.25, 0.3) is 0 Å². The van der Waals surface area contributed by atoms with Gasteiger partial charge in [-0.05, 0) is 36.9 Å². The number of para-hydroxylation sites is 1. The third-order valence-electron chi connectivity index (χ3n) is 2.87. The van der Waals surface area contributed by atoms with Crippen LogP contribution < -0.4 is 14.8 Å². The summed E-state index contributed by atoms with van der Waals surface area (Å²) in [6, 6.07) is 18.0. The Morgan fingerprint density at radius 1 is 0.800 bits per heavy atom. The molecule has 0 amide bonds. The summed E-state index contributed by atoms with van der Waals surface area (Å²) >= 11 is 0. The smallest absolute Gasteiger partial charge is 0.119 e. The normalized spacial score (nSPS) is 10.2. The van der Waals surface area contributed by atoms with Gasteiger partial charge in [-0.15, -0.1) is 0 Å². The molecule has 0 saturated heterocycles. The lowest BCUT2D eigenvalue weighted by Gasteiger charge is -2.08. The molecule has 0 aliphatic heterocycles. The van der Waals surface area contributed by atoms with Gasteiger partial charge in [0.05, 0.1) is 13.2 Å². The second-order valence-corrected chi connectivity index (χ2v) is 4.54. The minimum atomic E-state index is 0.665. The molecule has 0 aromatic heterocycles. The van der Waals surface area contributed by atoms with Gasteiger partial charge >= 0.3 is 0 Å². The lowest BCUT2D eigenvalue weighted by Crippen LogP contribution is -2.06. The van der Waals surface area contributed by atoms with E-state index in [1.54, 1.807) is 0 Å². The van der Waals surface area contributed by atoms with Crippen LogP contribution in [0.4, 0.5) is 0 Å². The predicted octanol–water partition coefficient (Wildman–Crippen LogP) is 3.25. The minimum absolute atomic E-state index is 0.665. The number of rotatable bonds is 8. The van der Waals surface area contributed by atoms with E-state index in [0.717, 1.165) is 24.5 Å². The molecule has 0 unspecified atom stereocenters. The first-order valence-corrected chi connectivity index (χ1v) is 6.92. The maximum absolute atomic E-state index is 5.68. The van der Waals surface area contributed by atoms with Crippen LogP contribution in [-0.4, -0.2) is 20.3 Å². The molecule has 2 aromatic rings. The van der Waals surface area contributed by atoms with Crippen LogP contribution in [-0.2, 0) is 6.54 Å². The molecule has 1 N–H and O–H groups in total. The van der Waals surface area contributed by atoms with Crippen LogP contribution >= 0.6 is 0 Å². The van der Waals surface area contributed by atoms with Gasteiger partial charge in [0.25, 0.3) is 0 Å². The first-order valence-electron chi connectivity index (χ1n) is 6.92. The molecular formula is C17H21NO2. The third-order valence-corrected chi connectivity index (χ3v) is 2.87. The van der Waals surface area contributed by atoms with Gasteiger partial charge in [0.1, 0.15) is 11.5 Å². The Hall–Kier alpha value is -2.00. The van der Waals surface area contributed by atoms with Crippen LogP contribution in [0.15, 0.2) is 54.6 Å². The molecule has 3 nitrogen and oxygen atoms in total. The minimum Gasteiger partial charge on any atom is -0.493 e. The van der Waals surface area contributed by atoms with E-state index in [-0.39, 0.29) is 0 Å². The van der Waals surface area contributed by atoms with Gasteiger partial charge < -0.3 is 14.8 Å². The fourth-order valence-electron chi connectivity index (χ4n) is 1.86. The van der Waals surface area contributed by atoms with E-state index in [1.807, 2.05) is 49.5 Å². The van der Waals surface area contributed by atoms with Gasteiger partial charge in [-0.1, -0.05) is 30.3 Å². The maximum Gasteiger partial charge on any atom is 0.119 e. The fraction of sp³-hybridized carbons (Fsp3) is 0.294. The topological polar surface area (TPSA) is 30.5 Å². The average molecular weight is 271 g/mol. The molecule has 0 fully saturated rings. The second-order valence-electron chi connectivity index (χ2n) is 4.54. The molecule has 0 bridgehead atoms. The van der Waals surface area contributed by atoms with Gasteiger partial charge in [0.15, 0.2) is 0 Å². The highest BCUT2D eigenvalue weighted by Gasteiger charge is 1.96.